The van der Waals surface area contributed by atoms with Gasteiger partial charge in [-0.25, -0.2) is 4.39 Å². The number of aromatic nitrogens is 1. The molecule has 0 spiro atoms. The van der Waals surface area contributed by atoms with Crippen LogP contribution >= 0.6 is 0 Å². The first kappa shape index (κ1) is 17.0. The molecule has 1 saturated heterocycles. The van der Waals surface area contributed by atoms with E-state index in [0.29, 0.717) is 23.4 Å². The minimum atomic E-state index is -0.385. The Morgan fingerprint density at radius 3 is 2.62 bits per heavy atom. The standard InChI is InChI=1S/C21H23FN2O2/c22-18-6-7-19-20(14-18)26-24(21(19)25)13-10-16-8-11-23(12-9-16)15-17-4-2-1-3-5-17/h1-7,14,16H,8-13,15H2. The molecule has 0 N–H and O–H groups in total. The number of piperidine rings is 1. The van der Waals surface area contributed by atoms with Crippen molar-refractivity contribution in [1.82, 2.24) is 9.64 Å². The number of rotatable bonds is 5. The Balaban J connectivity index is 1.31. The van der Waals surface area contributed by atoms with Gasteiger partial charge in [0.25, 0.3) is 5.56 Å². The molecule has 0 amide bonds. The molecular formula is C21H23FN2O2. The highest BCUT2D eigenvalue weighted by Crippen LogP contribution is 2.23. The fraction of sp³-hybridized carbons (Fsp3) is 0.381. The zero-order valence-corrected chi connectivity index (χ0v) is 14.7. The molecule has 5 heteroatoms. The SMILES string of the molecule is O=c1c2ccc(F)cc2on1CCC1CCN(Cc2ccccc2)CC1. The summed E-state index contributed by atoms with van der Waals surface area (Å²) in [5, 5.41) is 0.448. The highest BCUT2D eigenvalue weighted by Gasteiger charge is 2.20. The average molecular weight is 354 g/mol. The Morgan fingerprint density at radius 1 is 1.08 bits per heavy atom. The number of benzene rings is 2. The molecule has 26 heavy (non-hydrogen) atoms. The number of aryl methyl sites for hydroxylation is 1. The highest BCUT2D eigenvalue weighted by atomic mass is 19.1. The van der Waals surface area contributed by atoms with E-state index in [1.165, 1.54) is 28.5 Å². The second-order valence-corrected chi connectivity index (χ2v) is 7.13. The topological polar surface area (TPSA) is 38.4 Å². The third-order valence-corrected chi connectivity index (χ3v) is 5.31. The molecule has 1 aliphatic heterocycles. The van der Waals surface area contributed by atoms with Crippen molar-refractivity contribution < 1.29 is 8.91 Å². The van der Waals surface area contributed by atoms with Crippen molar-refractivity contribution in [3.8, 4) is 0 Å². The first-order chi connectivity index (χ1) is 12.7. The van der Waals surface area contributed by atoms with Crippen LogP contribution in [0, 0.1) is 11.7 Å². The Bertz CT molecular complexity index is 924. The molecule has 4 nitrogen and oxygen atoms in total. The van der Waals surface area contributed by atoms with Gasteiger partial charge in [-0.15, -0.1) is 0 Å². The lowest BCUT2D eigenvalue weighted by Crippen LogP contribution is -2.33. The van der Waals surface area contributed by atoms with Crippen molar-refractivity contribution in [3.63, 3.8) is 0 Å². The summed E-state index contributed by atoms with van der Waals surface area (Å²) in [6, 6.07) is 14.6. The van der Waals surface area contributed by atoms with Crippen LogP contribution in [0.1, 0.15) is 24.8 Å². The molecule has 0 atom stereocenters. The zero-order valence-electron chi connectivity index (χ0n) is 14.7. The third kappa shape index (κ3) is 3.73. The van der Waals surface area contributed by atoms with Gasteiger partial charge in [0.15, 0.2) is 5.58 Å². The minimum absolute atomic E-state index is 0.165. The zero-order chi connectivity index (χ0) is 17.9. The molecule has 2 aromatic carbocycles. The van der Waals surface area contributed by atoms with Crippen LogP contribution in [0.4, 0.5) is 4.39 Å². The summed E-state index contributed by atoms with van der Waals surface area (Å²) >= 11 is 0. The predicted octanol–water partition coefficient (Wildman–Crippen LogP) is 4.04. The summed E-state index contributed by atoms with van der Waals surface area (Å²) < 4.78 is 20.2. The highest BCUT2D eigenvalue weighted by molar-refractivity contribution is 5.75. The first-order valence-electron chi connectivity index (χ1n) is 9.25. The summed E-state index contributed by atoms with van der Waals surface area (Å²) in [5.74, 6) is 0.211. The summed E-state index contributed by atoms with van der Waals surface area (Å²) in [6.07, 6.45) is 3.19. The maximum atomic E-state index is 13.3. The van der Waals surface area contributed by atoms with Crippen LogP contribution in [0.15, 0.2) is 57.8 Å². The predicted molar refractivity (Wildman–Crippen MR) is 99.5 cm³/mol. The van der Waals surface area contributed by atoms with Gasteiger partial charge in [0.2, 0.25) is 0 Å². The maximum Gasteiger partial charge on any atom is 0.290 e. The third-order valence-electron chi connectivity index (χ3n) is 5.31. The second-order valence-electron chi connectivity index (χ2n) is 7.13. The Labute approximate surface area is 151 Å². The van der Waals surface area contributed by atoms with Crippen LogP contribution < -0.4 is 5.56 Å². The van der Waals surface area contributed by atoms with Crippen LogP contribution in [0.3, 0.4) is 0 Å². The van der Waals surface area contributed by atoms with Crippen LogP contribution in [-0.2, 0) is 13.1 Å². The minimum Gasteiger partial charge on any atom is -0.376 e. The van der Waals surface area contributed by atoms with Crippen molar-refractivity contribution in [3.05, 3.63) is 70.3 Å². The normalized spacial score (nSPS) is 16.3. The largest absolute Gasteiger partial charge is 0.376 e. The smallest absolute Gasteiger partial charge is 0.290 e. The molecule has 0 unspecified atom stereocenters. The molecule has 4 rings (SSSR count). The summed E-state index contributed by atoms with van der Waals surface area (Å²) in [7, 11) is 0. The summed E-state index contributed by atoms with van der Waals surface area (Å²) in [6.45, 7) is 3.72. The van der Waals surface area contributed by atoms with Gasteiger partial charge < -0.3 is 4.52 Å². The Morgan fingerprint density at radius 2 is 1.85 bits per heavy atom. The van der Waals surface area contributed by atoms with E-state index >= 15 is 0 Å². The average Bonchev–Trinajstić information content (AvgIpc) is 2.97. The van der Waals surface area contributed by atoms with Crippen LogP contribution in [0.25, 0.3) is 11.0 Å². The lowest BCUT2D eigenvalue weighted by atomic mass is 9.93. The molecule has 0 radical (unpaired) electrons. The van der Waals surface area contributed by atoms with Gasteiger partial charge in [-0.2, -0.15) is 4.74 Å². The van der Waals surface area contributed by atoms with Crippen LogP contribution in [-0.4, -0.2) is 22.7 Å². The molecule has 1 aromatic heterocycles. The molecule has 0 bridgehead atoms. The van der Waals surface area contributed by atoms with Gasteiger partial charge >= 0.3 is 0 Å². The molecule has 0 aliphatic carbocycles. The molecular weight excluding hydrogens is 331 g/mol. The fourth-order valence-corrected chi connectivity index (χ4v) is 3.76. The van der Waals surface area contributed by atoms with Crippen molar-refractivity contribution in [2.24, 2.45) is 5.92 Å². The quantitative estimate of drug-likeness (QED) is 0.694. The maximum absolute atomic E-state index is 13.3. The van der Waals surface area contributed by atoms with E-state index in [1.807, 2.05) is 6.07 Å². The molecule has 1 aliphatic rings. The van der Waals surface area contributed by atoms with E-state index < -0.39 is 0 Å². The van der Waals surface area contributed by atoms with E-state index in [9.17, 15) is 9.18 Å². The van der Waals surface area contributed by atoms with E-state index in [-0.39, 0.29) is 11.4 Å². The number of halogens is 1. The monoisotopic (exact) mass is 354 g/mol. The van der Waals surface area contributed by atoms with Gasteiger partial charge in [0.1, 0.15) is 5.82 Å². The van der Waals surface area contributed by atoms with Crippen molar-refractivity contribution in [2.45, 2.75) is 32.4 Å². The summed E-state index contributed by atoms with van der Waals surface area (Å²) in [5.41, 5.74) is 1.52. The first-order valence-corrected chi connectivity index (χ1v) is 9.25. The fourth-order valence-electron chi connectivity index (χ4n) is 3.76. The molecule has 136 valence electrons. The van der Waals surface area contributed by atoms with E-state index in [1.54, 1.807) is 0 Å². The van der Waals surface area contributed by atoms with Gasteiger partial charge in [0.05, 0.1) is 11.9 Å². The second kappa shape index (κ2) is 7.46. The van der Waals surface area contributed by atoms with Crippen molar-refractivity contribution in [1.29, 1.82) is 0 Å². The number of hydrogen-bond acceptors (Lipinski definition) is 3. The van der Waals surface area contributed by atoms with Gasteiger partial charge in [-0.3, -0.25) is 9.69 Å². The van der Waals surface area contributed by atoms with Gasteiger partial charge in [0, 0.05) is 12.6 Å². The molecule has 3 aromatic rings. The van der Waals surface area contributed by atoms with Crippen molar-refractivity contribution in [2.75, 3.05) is 13.1 Å². The molecule has 1 fully saturated rings. The van der Waals surface area contributed by atoms with Crippen LogP contribution in [0.5, 0.6) is 0 Å². The lowest BCUT2D eigenvalue weighted by molar-refractivity contribution is 0.159. The van der Waals surface area contributed by atoms with Crippen molar-refractivity contribution >= 4 is 11.0 Å². The van der Waals surface area contributed by atoms with Crippen LogP contribution in [0.2, 0.25) is 0 Å². The molecule has 0 saturated carbocycles. The van der Waals surface area contributed by atoms with E-state index in [0.717, 1.165) is 38.9 Å². The number of hydrogen-bond donors (Lipinski definition) is 0. The van der Waals surface area contributed by atoms with Gasteiger partial charge in [-0.05, 0) is 56.0 Å². The van der Waals surface area contributed by atoms with Gasteiger partial charge in [-0.1, -0.05) is 30.3 Å². The lowest BCUT2D eigenvalue weighted by Gasteiger charge is -2.31. The number of fused-ring (bicyclic) bond motifs is 1. The Hall–Kier alpha value is -2.40. The number of nitrogens with zero attached hydrogens (tertiary/aromatic N) is 2. The van der Waals surface area contributed by atoms with E-state index in [4.69, 9.17) is 4.52 Å². The Kier molecular flexibility index (Phi) is 4.89. The summed E-state index contributed by atoms with van der Waals surface area (Å²) in [4.78, 5) is 14.8. The van der Waals surface area contributed by atoms with E-state index in [2.05, 4.69) is 29.2 Å². The number of likely N-dealkylation sites (tertiary alicyclic amines) is 1. The molecule has 2 heterocycles.